The van der Waals surface area contributed by atoms with Crippen LogP contribution in [-0.2, 0) is 0 Å². The van der Waals surface area contributed by atoms with E-state index < -0.39 is 110 Å². The average Bonchev–Trinajstić information content (AvgIpc) is 3.03. The summed E-state index contributed by atoms with van der Waals surface area (Å²) in [5.41, 5.74) is 0. The zero-order valence-corrected chi connectivity index (χ0v) is 32.0. The number of nitrogens with zero attached hydrogens (tertiary/aromatic N) is 2. The predicted octanol–water partition coefficient (Wildman–Crippen LogP) is 13.3. The zero-order chi connectivity index (χ0) is 48.3. The number of hydrogen-bond acceptors (Lipinski definition) is 0. The molecule has 0 atom stereocenters. The van der Waals surface area contributed by atoms with E-state index in [0.29, 0.717) is 51.4 Å². The third-order valence-electron chi connectivity index (χ3n) is 9.78. The molecule has 0 spiro atoms. The summed E-state index contributed by atoms with van der Waals surface area (Å²) < 4.78 is 345. The van der Waals surface area contributed by atoms with E-state index in [4.69, 9.17) is 0 Å². The summed E-state index contributed by atoms with van der Waals surface area (Å²) in [6.07, 6.45) is -17.7. The van der Waals surface area contributed by atoms with Gasteiger partial charge in [-0.1, -0.05) is 25.7 Å². The molecular weight excluding hydrogens is 906 g/mol. The van der Waals surface area contributed by atoms with Crippen molar-refractivity contribution in [2.45, 2.75) is 149 Å². The Morgan fingerprint density at radius 1 is 0.233 bits per heavy atom. The van der Waals surface area contributed by atoms with Crippen molar-refractivity contribution in [3.05, 3.63) is 0 Å². The van der Waals surface area contributed by atoms with Crippen molar-refractivity contribution in [1.82, 2.24) is 0 Å². The average molecular weight is 951 g/mol. The van der Waals surface area contributed by atoms with Crippen LogP contribution in [0.15, 0.2) is 0 Å². The van der Waals surface area contributed by atoms with Crippen LogP contribution in [0.25, 0.3) is 0 Å². The first-order chi connectivity index (χ1) is 26.1. The predicted molar refractivity (Wildman–Crippen MR) is 161 cm³/mol. The topological polar surface area (TPSA) is 0 Å². The molecule has 0 aliphatic carbocycles. The summed E-state index contributed by atoms with van der Waals surface area (Å²) in [5, 5.41) is 0. The van der Waals surface area contributed by atoms with Gasteiger partial charge in [0.25, 0.3) is 0 Å². The highest BCUT2D eigenvalue weighted by Crippen LogP contribution is 2.62. The minimum Gasteiger partial charge on any atom is -0.328 e. The van der Waals surface area contributed by atoms with Crippen molar-refractivity contribution >= 4 is 0 Å². The molecule has 0 heterocycles. The summed E-state index contributed by atoms with van der Waals surface area (Å²) in [7, 11) is 5.48. The Morgan fingerprint density at radius 2 is 0.417 bits per heavy atom. The fraction of sp³-hybridized carbons (Fsp3) is 1.00. The van der Waals surface area contributed by atoms with Crippen LogP contribution >= 0.6 is 0 Å². The van der Waals surface area contributed by atoms with Crippen LogP contribution in [0.3, 0.4) is 0 Å². The molecule has 0 aliphatic heterocycles. The Kier molecular flexibility index (Phi) is 18.1. The Bertz CT molecular complexity index is 1230. The molecule has 28 heteroatoms. The second-order valence-electron chi connectivity index (χ2n) is 15.8. The first kappa shape index (κ1) is 58.1. The van der Waals surface area contributed by atoms with Gasteiger partial charge in [-0.2, -0.15) is 114 Å². The highest BCUT2D eigenvalue weighted by Gasteiger charge is 2.92. The van der Waals surface area contributed by atoms with Gasteiger partial charge in [0.2, 0.25) is 0 Å². The smallest absolute Gasteiger partial charge is 0.328 e. The van der Waals surface area contributed by atoms with Crippen molar-refractivity contribution in [3.8, 4) is 0 Å². The van der Waals surface area contributed by atoms with Gasteiger partial charge in [-0.25, -0.2) is 0 Å². The number of unbranched alkanes of at least 4 members (excludes halogenated alkanes) is 7. The van der Waals surface area contributed by atoms with Crippen LogP contribution in [0.2, 0.25) is 0 Å². The molecule has 0 unspecified atom stereocenters. The molecular formula is C32H44F26N2+2. The summed E-state index contributed by atoms with van der Waals surface area (Å²) in [6.45, 7) is -0.628. The van der Waals surface area contributed by atoms with E-state index in [0.717, 1.165) is 0 Å². The van der Waals surface area contributed by atoms with Crippen molar-refractivity contribution in [3.63, 3.8) is 0 Å². The lowest BCUT2D eigenvalue weighted by Crippen LogP contribution is -2.70. The Hall–Kier alpha value is -1.90. The lowest BCUT2D eigenvalue weighted by atomic mass is 9.92. The van der Waals surface area contributed by atoms with Gasteiger partial charge in [-0.3, -0.25) is 0 Å². The number of halogens is 26. The van der Waals surface area contributed by atoms with Gasteiger partial charge in [-0.05, 0) is 25.7 Å². The van der Waals surface area contributed by atoms with Crippen LogP contribution < -0.4 is 0 Å². The van der Waals surface area contributed by atoms with E-state index in [1.807, 2.05) is 0 Å². The van der Waals surface area contributed by atoms with Crippen molar-refractivity contribution in [2.24, 2.45) is 0 Å². The standard InChI is InChI=1S/C32H44F26N2/c1-59(2,19-13-15-21(33,34)23(37,38)25(41,42)27(45,46)29(49,50)31(53,54)55)17-11-9-7-5-6-8-10-12-18-60(3,4)20-14-16-22(35,36)24(39,40)26(43,44)28(47,48)30(51,52)32(56,57)58/h5-20H2,1-4H3/q+2. The van der Waals surface area contributed by atoms with E-state index >= 15 is 0 Å². The molecule has 2 nitrogen and oxygen atoms in total. The summed E-state index contributed by atoms with van der Waals surface area (Å²) in [5.74, 6) is -74.2. The van der Waals surface area contributed by atoms with Gasteiger partial charge in [0.05, 0.1) is 54.4 Å². The van der Waals surface area contributed by atoms with E-state index in [1.54, 1.807) is 0 Å². The second-order valence-corrected chi connectivity index (χ2v) is 15.8. The van der Waals surface area contributed by atoms with Crippen LogP contribution in [0.4, 0.5) is 114 Å². The van der Waals surface area contributed by atoms with Gasteiger partial charge < -0.3 is 8.97 Å². The number of rotatable bonds is 27. The van der Waals surface area contributed by atoms with Crippen LogP contribution in [-0.4, -0.2) is 135 Å². The second kappa shape index (κ2) is 18.7. The molecule has 0 amide bonds. The first-order valence-electron chi connectivity index (χ1n) is 17.7. The highest BCUT2D eigenvalue weighted by molar-refractivity contribution is 5.11. The fourth-order valence-electron chi connectivity index (χ4n) is 5.74. The lowest BCUT2D eigenvalue weighted by Gasteiger charge is -2.40. The minimum atomic E-state index is -7.97. The van der Waals surface area contributed by atoms with Crippen molar-refractivity contribution in [1.29, 1.82) is 0 Å². The van der Waals surface area contributed by atoms with Gasteiger partial charge in [0, 0.05) is 25.7 Å². The van der Waals surface area contributed by atoms with Crippen molar-refractivity contribution < 1.29 is 123 Å². The molecule has 0 bridgehead atoms. The summed E-state index contributed by atoms with van der Waals surface area (Å²) in [6, 6.07) is 0. The fourth-order valence-corrected chi connectivity index (χ4v) is 5.74. The van der Waals surface area contributed by atoms with E-state index in [9.17, 15) is 114 Å². The molecule has 362 valence electrons. The molecule has 0 saturated carbocycles. The monoisotopic (exact) mass is 950 g/mol. The minimum absolute atomic E-state index is 0.160. The lowest BCUT2D eigenvalue weighted by molar-refractivity contribution is -0.890. The molecule has 0 fully saturated rings. The number of hydrogen-bond donors (Lipinski definition) is 0. The third-order valence-corrected chi connectivity index (χ3v) is 9.78. The number of quaternary nitrogens is 2. The van der Waals surface area contributed by atoms with Gasteiger partial charge in [0.1, 0.15) is 0 Å². The van der Waals surface area contributed by atoms with E-state index in [1.165, 1.54) is 28.2 Å². The Labute approximate surface area is 326 Å². The van der Waals surface area contributed by atoms with E-state index in [2.05, 4.69) is 0 Å². The molecule has 0 aliphatic rings. The molecule has 0 radical (unpaired) electrons. The maximum atomic E-state index is 14.1. The first-order valence-corrected chi connectivity index (χ1v) is 17.7. The molecule has 0 saturated heterocycles. The van der Waals surface area contributed by atoms with Gasteiger partial charge in [0.15, 0.2) is 0 Å². The molecule has 0 aromatic rings. The SMILES string of the molecule is C[N+](C)(CCCCCCCCCC[N+](C)(C)CCCC(F)(F)C(F)(F)C(F)(F)C(F)(F)C(F)(F)C(F)(F)F)CCCC(F)(F)C(F)(F)C(F)(F)C(F)(F)C(F)(F)C(F)(F)F. The van der Waals surface area contributed by atoms with Crippen molar-refractivity contribution in [2.75, 3.05) is 54.4 Å². The molecule has 60 heavy (non-hydrogen) atoms. The summed E-state index contributed by atoms with van der Waals surface area (Å²) in [4.78, 5) is 0. The van der Waals surface area contributed by atoms with E-state index in [-0.39, 0.29) is 22.1 Å². The largest absolute Gasteiger partial charge is 0.460 e. The number of alkyl halides is 26. The highest BCUT2D eigenvalue weighted by atomic mass is 19.4. The Balaban J connectivity index is 4.78. The Morgan fingerprint density at radius 3 is 0.633 bits per heavy atom. The third kappa shape index (κ3) is 12.0. The quantitative estimate of drug-likeness (QED) is 0.0437. The molecule has 0 aromatic heterocycles. The van der Waals surface area contributed by atoms with Gasteiger partial charge >= 0.3 is 71.6 Å². The van der Waals surface area contributed by atoms with Gasteiger partial charge in [-0.15, -0.1) is 0 Å². The molecule has 0 rings (SSSR count). The zero-order valence-electron chi connectivity index (χ0n) is 32.0. The van der Waals surface area contributed by atoms with Crippen LogP contribution in [0.1, 0.15) is 77.0 Å². The normalized spacial score (nSPS) is 15.9. The molecule has 0 N–H and O–H groups in total. The van der Waals surface area contributed by atoms with Crippen LogP contribution in [0, 0.1) is 0 Å². The van der Waals surface area contributed by atoms with Crippen LogP contribution in [0.5, 0.6) is 0 Å². The maximum absolute atomic E-state index is 14.1. The summed E-state index contributed by atoms with van der Waals surface area (Å²) >= 11 is 0. The molecule has 0 aromatic carbocycles. The maximum Gasteiger partial charge on any atom is 0.460 e.